The number of hydrogen-bond acceptors (Lipinski definition) is 4. The van der Waals surface area contributed by atoms with E-state index in [1.165, 1.54) is 17.7 Å². The summed E-state index contributed by atoms with van der Waals surface area (Å²) in [5.41, 5.74) is 3.31. The first-order chi connectivity index (χ1) is 11.7. The number of benzene rings is 1. The largest absolute Gasteiger partial charge is 0.347 e. The SMILES string of the molecule is CN1/C(=C\C=C2/C=C([N+](=O)[O-])C=C(Br)C2=O)C(C)(C)c2ccccc21. The number of nitrogens with zero attached hydrogens (tertiary/aromatic N) is 2. The summed E-state index contributed by atoms with van der Waals surface area (Å²) in [6.45, 7) is 4.24. The van der Waals surface area contributed by atoms with Crippen molar-refractivity contribution in [2.45, 2.75) is 19.3 Å². The van der Waals surface area contributed by atoms with Crippen LogP contribution in [0, 0.1) is 10.1 Å². The second-order valence-corrected chi connectivity index (χ2v) is 7.38. The second kappa shape index (κ2) is 6.11. The number of carbonyl (C=O) groups is 1. The molecule has 0 N–H and O–H groups in total. The topological polar surface area (TPSA) is 63.4 Å². The van der Waals surface area contributed by atoms with E-state index in [4.69, 9.17) is 0 Å². The highest BCUT2D eigenvalue weighted by atomic mass is 79.9. The zero-order valence-electron chi connectivity index (χ0n) is 14.1. The lowest BCUT2D eigenvalue weighted by molar-refractivity contribution is -0.419. The van der Waals surface area contributed by atoms with E-state index in [9.17, 15) is 14.9 Å². The van der Waals surface area contributed by atoms with Gasteiger partial charge in [-0.1, -0.05) is 32.0 Å². The van der Waals surface area contributed by atoms with Crippen molar-refractivity contribution in [3.8, 4) is 0 Å². The molecule has 1 aromatic carbocycles. The van der Waals surface area contributed by atoms with Crippen LogP contribution in [0.1, 0.15) is 19.4 Å². The van der Waals surface area contributed by atoms with Gasteiger partial charge in [-0.25, -0.2) is 0 Å². The summed E-state index contributed by atoms with van der Waals surface area (Å²) < 4.78 is 0.189. The summed E-state index contributed by atoms with van der Waals surface area (Å²) >= 11 is 3.11. The summed E-state index contributed by atoms with van der Waals surface area (Å²) in [7, 11) is 1.98. The number of allylic oxidation sites excluding steroid dienone is 7. The molecule has 128 valence electrons. The monoisotopic (exact) mass is 400 g/mol. The average molecular weight is 401 g/mol. The Kier molecular flexibility index (Phi) is 4.24. The molecule has 1 aliphatic carbocycles. The van der Waals surface area contributed by atoms with E-state index in [0.29, 0.717) is 0 Å². The maximum absolute atomic E-state index is 12.3. The first-order valence-corrected chi connectivity index (χ1v) is 8.56. The van der Waals surface area contributed by atoms with Gasteiger partial charge in [-0.3, -0.25) is 14.9 Å². The molecule has 0 unspecified atom stereocenters. The van der Waals surface area contributed by atoms with Crippen LogP contribution < -0.4 is 4.90 Å². The maximum atomic E-state index is 12.3. The van der Waals surface area contributed by atoms with Crippen molar-refractivity contribution in [1.82, 2.24) is 0 Å². The van der Waals surface area contributed by atoms with Crippen LogP contribution in [0.15, 0.2) is 70.0 Å². The van der Waals surface area contributed by atoms with E-state index < -0.39 is 4.92 Å². The predicted octanol–water partition coefficient (Wildman–Crippen LogP) is 4.25. The molecule has 0 spiro atoms. The first-order valence-electron chi connectivity index (χ1n) is 7.77. The van der Waals surface area contributed by atoms with Crippen molar-refractivity contribution in [2.24, 2.45) is 0 Å². The summed E-state index contributed by atoms with van der Waals surface area (Å²) in [5.74, 6) is -0.265. The third kappa shape index (κ3) is 2.87. The standard InChI is InChI=1S/C19H17BrN2O3/c1-19(2)14-6-4-5-7-16(14)21(3)17(19)9-8-12-10-13(22(24)25)11-15(20)18(12)23/h4-11H,1-3H3/b12-8+,17-9-. The highest BCUT2D eigenvalue weighted by molar-refractivity contribution is 9.12. The molecule has 0 radical (unpaired) electrons. The normalized spacial score (nSPS) is 22.1. The molecule has 1 aliphatic heterocycles. The molecule has 1 heterocycles. The van der Waals surface area contributed by atoms with Crippen LogP contribution in [0.5, 0.6) is 0 Å². The van der Waals surface area contributed by atoms with Crippen molar-refractivity contribution in [1.29, 1.82) is 0 Å². The Labute approximate surface area is 154 Å². The molecule has 0 atom stereocenters. The lowest BCUT2D eigenvalue weighted by atomic mass is 9.83. The van der Waals surface area contributed by atoms with Gasteiger partial charge in [0.2, 0.25) is 0 Å². The molecular weight excluding hydrogens is 384 g/mol. The fraction of sp³-hybridized carbons (Fsp3) is 0.211. The van der Waals surface area contributed by atoms with E-state index >= 15 is 0 Å². The highest BCUT2D eigenvalue weighted by Crippen LogP contribution is 2.46. The van der Waals surface area contributed by atoms with Gasteiger partial charge in [0.15, 0.2) is 5.78 Å². The quantitative estimate of drug-likeness (QED) is 0.422. The molecule has 0 saturated heterocycles. The number of nitro groups is 1. The molecule has 0 bridgehead atoms. The molecule has 25 heavy (non-hydrogen) atoms. The van der Waals surface area contributed by atoms with Crippen molar-refractivity contribution in [3.63, 3.8) is 0 Å². The molecule has 2 aliphatic rings. The molecule has 0 aromatic heterocycles. The van der Waals surface area contributed by atoms with Gasteiger partial charge < -0.3 is 4.90 Å². The maximum Gasteiger partial charge on any atom is 0.271 e. The Balaban J connectivity index is 2.05. The minimum Gasteiger partial charge on any atom is -0.347 e. The molecule has 5 nitrogen and oxygen atoms in total. The van der Waals surface area contributed by atoms with E-state index in [-0.39, 0.29) is 27.0 Å². The van der Waals surface area contributed by atoms with E-state index in [1.54, 1.807) is 6.08 Å². The summed E-state index contributed by atoms with van der Waals surface area (Å²) in [6.07, 6.45) is 6.06. The lowest BCUT2D eigenvalue weighted by Gasteiger charge is -2.23. The van der Waals surface area contributed by atoms with Crippen LogP contribution in [-0.4, -0.2) is 17.8 Å². The minimum absolute atomic E-state index is 0.113. The van der Waals surface area contributed by atoms with Crippen LogP contribution >= 0.6 is 15.9 Å². The van der Waals surface area contributed by atoms with E-state index in [2.05, 4.69) is 46.8 Å². The Bertz CT molecular complexity index is 907. The van der Waals surface area contributed by atoms with Crippen LogP contribution in [0.4, 0.5) is 5.69 Å². The third-order valence-corrected chi connectivity index (χ3v) is 5.22. The van der Waals surface area contributed by atoms with Gasteiger partial charge in [-0.2, -0.15) is 0 Å². The second-order valence-electron chi connectivity index (χ2n) is 6.52. The van der Waals surface area contributed by atoms with Gasteiger partial charge in [-0.05, 0) is 39.7 Å². The van der Waals surface area contributed by atoms with Gasteiger partial charge in [0.25, 0.3) is 5.70 Å². The van der Waals surface area contributed by atoms with E-state index in [1.807, 2.05) is 25.3 Å². The molecule has 6 heteroatoms. The van der Waals surface area contributed by atoms with Crippen LogP contribution in [0.25, 0.3) is 0 Å². The Morgan fingerprint density at radius 1 is 1.20 bits per heavy atom. The number of para-hydroxylation sites is 1. The number of carbonyl (C=O) groups excluding carboxylic acids is 1. The predicted molar refractivity (Wildman–Crippen MR) is 101 cm³/mol. The van der Waals surface area contributed by atoms with Crippen LogP contribution in [-0.2, 0) is 10.2 Å². The Morgan fingerprint density at radius 3 is 2.52 bits per heavy atom. The van der Waals surface area contributed by atoms with Crippen LogP contribution in [0.2, 0.25) is 0 Å². The third-order valence-electron chi connectivity index (χ3n) is 4.63. The van der Waals surface area contributed by atoms with E-state index in [0.717, 1.165) is 11.4 Å². The zero-order valence-corrected chi connectivity index (χ0v) is 15.7. The number of hydrogen-bond donors (Lipinski definition) is 0. The molecule has 1 aromatic rings. The smallest absolute Gasteiger partial charge is 0.271 e. The molecule has 0 fully saturated rings. The Morgan fingerprint density at radius 2 is 1.88 bits per heavy atom. The number of anilines is 1. The van der Waals surface area contributed by atoms with Gasteiger partial charge in [0.1, 0.15) is 0 Å². The molecule has 0 amide bonds. The summed E-state index contributed by atoms with van der Waals surface area (Å²) in [5, 5.41) is 11.0. The van der Waals surface area contributed by atoms with Gasteiger partial charge in [0, 0.05) is 41.6 Å². The number of likely N-dealkylation sites (N-methyl/N-ethyl adjacent to an activating group) is 1. The number of rotatable bonds is 2. The zero-order chi connectivity index (χ0) is 18.4. The van der Waals surface area contributed by atoms with Crippen molar-refractivity contribution in [2.75, 3.05) is 11.9 Å². The summed E-state index contributed by atoms with van der Waals surface area (Å²) in [4.78, 5) is 24.9. The first kappa shape index (κ1) is 17.4. The number of halogens is 1. The number of ketones is 1. The fourth-order valence-electron chi connectivity index (χ4n) is 3.30. The molecule has 0 saturated carbocycles. The Hall–Kier alpha value is -2.47. The highest BCUT2D eigenvalue weighted by Gasteiger charge is 2.37. The van der Waals surface area contributed by atoms with Crippen molar-refractivity contribution < 1.29 is 9.72 Å². The van der Waals surface area contributed by atoms with Crippen LogP contribution in [0.3, 0.4) is 0 Å². The minimum atomic E-state index is -0.504. The lowest BCUT2D eigenvalue weighted by Crippen LogP contribution is -2.22. The fourth-order valence-corrected chi connectivity index (χ4v) is 3.76. The number of fused-ring (bicyclic) bond motifs is 1. The molecule has 3 rings (SSSR count). The number of Topliss-reactive ketones (excluding diaryl/α,β-unsaturated/α-hetero) is 1. The van der Waals surface area contributed by atoms with Gasteiger partial charge in [0.05, 0.1) is 9.41 Å². The van der Waals surface area contributed by atoms with Crippen molar-refractivity contribution >= 4 is 27.4 Å². The van der Waals surface area contributed by atoms with Crippen molar-refractivity contribution in [3.05, 3.63) is 85.7 Å². The molecular formula is C19H17BrN2O3. The van der Waals surface area contributed by atoms with Gasteiger partial charge >= 0.3 is 0 Å². The van der Waals surface area contributed by atoms with Gasteiger partial charge in [-0.15, -0.1) is 0 Å². The summed E-state index contributed by atoms with van der Waals surface area (Å²) in [6, 6.07) is 8.15. The average Bonchev–Trinajstić information content (AvgIpc) is 2.76.